The Bertz CT molecular complexity index is 355. The maximum Gasteiger partial charge on any atom is 0.158 e. The van der Waals surface area contributed by atoms with Crippen LogP contribution in [-0.4, -0.2) is 18.0 Å². The fourth-order valence-corrected chi connectivity index (χ4v) is 4.53. The second kappa shape index (κ2) is 8.65. The quantitative estimate of drug-likeness (QED) is 0.606. The fraction of sp³-hybridized carbons (Fsp3) is 0.952. The predicted octanol–water partition coefficient (Wildman–Crippen LogP) is 5.93. The van der Waals surface area contributed by atoms with Crippen LogP contribution in [0.25, 0.3) is 0 Å². The van der Waals surface area contributed by atoms with Crippen molar-refractivity contribution in [3.63, 3.8) is 0 Å². The highest BCUT2D eigenvalue weighted by Crippen LogP contribution is 2.39. The molecule has 2 fully saturated rings. The van der Waals surface area contributed by atoms with Gasteiger partial charge in [0.05, 0.1) is 6.10 Å². The van der Waals surface area contributed by atoms with E-state index in [1.165, 1.54) is 51.4 Å². The third-order valence-corrected chi connectivity index (χ3v) is 6.27. The van der Waals surface area contributed by atoms with Crippen molar-refractivity contribution < 1.29 is 9.53 Å². The highest BCUT2D eigenvalue weighted by Gasteiger charge is 2.31. The molecule has 0 N–H and O–H groups in total. The molecule has 23 heavy (non-hydrogen) atoms. The molecule has 0 radical (unpaired) electrons. The smallest absolute Gasteiger partial charge is 0.158 e. The van der Waals surface area contributed by atoms with Crippen molar-refractivity contribution in [1.29, 1.82) is 0 Å². The number of ether oxygens (including phenoxy) is 1. The summed E-state index contributed by atoms with van der Waals surface area (Å²) >= 11 is 0. The molecule has 1 atom stereocenters. The second-order valence-electron chi connectivity index (χ2n) is 9.16. The summed E-state index contributed by atoms with van der Waals surface area (Å²) in [6.45, 7) is 8.76. The van der Waals surface area contributed by atoms with Crippen LogP contribution >= 0.6 is 0 Å². The number of carbonyl (C=O) groups excluding carboxylic acids is 1. The van der Waals surface area contributed by atoms with Crippen LogP contribution in [0.3, 0.4) is 0 Å². The molecule has 0 heterocycles. The zero-order valence-corrected chi connectivity index (χ0v) is 15.9. The molecule has 2 nitrogen and oxygen atoms in total. The summed E-state index contributed by atoms with van der Waals surface area (Å²) in [5.41, 5.74) is 0.409. The number of Topliss-reactive ketones (excluding diaryl/α,β-unsaturated/α-hetero) is 1. The molecule has 0 saturated heterocycles. The summed E-state index contributed by atoms with van der Waals surface area (Å²) in [7, 11) is 0. The largest absolute Gasteiger partial charge is 0.367 e. The lowest BCUT2D eigenvalue weighted by Crippen LogP contribution is -2.34. The topological polar surface area (TPSA) is 26.3 Å². The highest BCUT2D eigenvalue weighted by molar-refractivity contribution is 5.80. The average molecular weight is 323 g/mol. The van der Waals surface area contributed by atoms with Gasteiger partial charge in [0, 0.05) is 0 Å². The number of carbonyl (C=O) groups is 1. The van der Waals surface area contributed by atoms with Gasteiger partial charge < -0.3 is 4.74 Å². The molecule has 1 unspecified atom stereocenters. The number of hydrogen-bond donors (Lipinski definition) is 0. The first-order valence-electron chi connectivity index (χ1n) is 10.0. The van der Waals surface area contributed by atoms with Crippen molar-refractivity contribution >= 4 is 5.78 Å². The zero-order chi connectivity index (χ0) is 16.9. The SMILES string of the molecule is CC(=O)C(CCC1CCCCC1)OC1CCC(C(C)(C)C)CC1. The van der Waals surface area contributed by atoms with Gasteiger partial charge >= 0.3 is 0 Å². The molecule has 0 bridgehead atoms. The van der Waals surface area contributed by atoms with E-state index in [9.17, 15) is 4.79 Å². The van der Waals surface area contributed by atoms with E-state index >= 15 is 0 Å². The van der Waals surface area contributed by atoms with Crippen molar-refractivity contribution in [2.75, 3.05) is 0 Å². The number of hydrogen-bond acceptors (Lipinski definition) is 2. The van der Waals surface area contributed by atoms with Crippen LogP contribution in [0.2, 0.25) is 0 Å². The Morgan fingerprint density at radius 3 is 2.13 bits per heavy atom. The number of rotatable bonds is 6. The van der Waals surface area contributed by atoms with Gasteiger partial charge in [-0.2, -0.15) is 0 Å². The minimum absolute atomic E-state index is 0.145. The first-order chi connectivity index (χ1) is 10.9. The van der Waals surface area contributed by atoms with Gasteiger partial charge in [0.15, 0.2) is 5.78 Å². The second-order valence-corrected chi connectivity index (χ2v) is 9.16. The van der Waals surface area contributed by atoms with E-state index in [1.807, 2.05) is 0 Å². The summed E-state index contributed by atoms with van der Waals surface area (Å²) in [5.74, 6) is 1.88. The molecule has 2 saturated carbocycles. The summed E-state index contributed by atoms with van der Waals surface area (Å²) < 4.78 is 6.26. The first kappa shape index (κ1) is 19.0. The summed E-state index contributed by atoms with van der Waals surface area (Å²) in [6, 6.07) is 0. The van der Waals surface area contributed by atoms with E-state index in [2.05, 4.69) is 20.8 Å². The van der Waals surface area contributed by atoms with E-state index < -0.39 is 0 Å². The molecular formula is C21H38O2. The molecule has 2 heteroatoms. The minimum atomic E-state index is -0.145. The van der Waals surface area contributed by atoms with Gasteiger partial charge in [-0.05, 0) is 62.7 Å². The van der Waals surface area contributed by atoms with Crippen LogP contribution in [-0.2, 0) is 9.53 Å². The molecule has 0 aromatic carbocycles. The molecule has 0 spiro atoms. The zero-order valence-electron chi connectivity index (χ0n) is 15.9. The Morgan fingerprint density at radius 2 is 1.61 bits per heavy atom. The Balaban J connectivity index is 1.75. The van der Waals surface area contributed by atoms with Gasteiger partial charge in [0.1, 0.15) is 6.10 Å². The summed E-state index contributed by atoms with van der Waals surface area (Å²) in [5, 5.41) is 0. The van der Waals surface area contributed by atoms with Gasteiger partial charge in [-0.25, -0.2) is 0 Å². The highest BCUT2D eigenvalue weighted by atomic mass is 16.5. The third-order valence-electron chi connectivity index (χ3n) is 6.27. The molecular weight excluding hydrogens is 284 g/mol. The summed E-state index contributed by atoms with van der Waals surface area (Å²) in [6.07, 6.45) is 14.0. The van der Waals surface area contributed by atoms with E-state index in [1.54, 1.807) is 6.92 Å². The standard InChI is InChI=1S/C21H38O2/c1-16(22)20(15-10-17-8-6-5-7-9-17)23-19-13-11-18(12-14-19)21(2,3)4/h17-20H,5-15H2,1-4H3. The van der Waals surface area contributed by atoms with Crippen molar-refractivity contribution in [1.82, 2.24) is 0 Å². The Labute approximate surface area is 143 Å². The lowest BCUT2D eigenvalue weighted by atomic mass is 9.72. The van der Waals surface area contributed by atoms with Crippen molar-refractivity contribution in [3.05, 3.63) is 0 Å². The molecule has 134 valence electrons. The molecule has 0 aliphatic heterocycles. The maximum absolute atomic E-state index is 12.0. The van der Waals surface area contributed by atoms with E-state index in [0.717, 1.165) is 31.1 Å². The van der Waals surface area contributed by atoms with Crippen LogP contribution < -0.4 is 0 Å². The van der Waals surface area contributed by atoms with Crippen LogP contribution in [0.15, 0.2) is 0 Å². The molecule has 2 aliphatic rings. The normalized spacial score (nSPS) is 28.5. The lowest BCUT2D eigenvalue weighted by Gasteiger charge is -2.37. The molecule has 0 aromatic heterocycles. The van der Waals surface area contributed by atoms with Crippen molar-refractivity contribution in [3.8, 4) is 0 Å². The van der Waals surface area contributed by atoms with Gasteiger partial charge in [0.2, 0.25) is 0 Å². The van der Waals surface area contributed by atoms with E-state index in [4.69, 9.17) is 4.74 Å². The predicted molar refractivity (Wildman–Crippen MR) is 96.6 cm³/mol. The summed E-state index contributed by atoms with van der Waals surface area (Å²) in [4.78, 5) is 12.0. The molecule has 2 aliphatic carbocycles. The molecule has 0 aromatic rings. The monoisotopic (exact) mass is 322 g/mol. The maximum atomic E-state index is 12.0. The van der Waals surface area contributed by atoms with Gasteiger partial charge in [-0.3, -0.25) is 4.79 Å². The third kappa shape index (κ3) is 6.21. The van der Waals surface area contributed by atoms with Gasteiger partial charge in [0.25, 0.3) is 0 Å². The van der Waals surface area contributed by atoms with Crippen molar-refractivity contribution in [2.45, 2.75) is 111 Å². The Kier molecular flexibility index (Phi) is 7.13. The lowest BCUT2D eigenvalue weighted by molar-refractivity contribution is -0.135. The van der Waals surface area contributed by atoms with E-state index in [-0.39, 0.29) is 11.9 Å². The van der Waals surface area contributed by atoms with Crippen LogP contribution in [0.5, 0.6) is 0 Å². The van der Waals surface area contributed by atoms with Gasteiger partial charge in [-0.1, -0.05) is 52.9 Å². The number of ketones is 1. The van der Waals surface area contributed by atoms with Gasteiger partial charge in [-0.15, -0.1) is 0 Å². The van der Waals surface area contributed by atoms with Crippen LogP contribution in [0.4, 0.5) is 0 Å². The van der Waals surface area contributed by atoms with Crippen LogP contribution in [0, 0.1) is 17.3 Å². The van der Waals surface area contributed by atoms with Crippen molar-refractivity contribution in [2.24, 2.45) is 17.3 Å². The first-order valence-corrected chi connectivity index (χ1v) is 10.0. The fourth-order valence-electron chi connectivity index (χ4n) is 4.53. The van der Waals surface area contributed by atoms with E-state index in [0.29, 0.717) is 11.5 Å². The van der Waals surface area contributed by atoms with Crippen LogP contribution in [0.1, 0.15) is 98.3 Å². The Hall–Kier alpha value is -0.370. The minimum Gasteiger partial charge on any atom is -0.367 e. The molecule has 0 amide bonds. The average Bonchev–Trinajstić information content (AvgIpc) is 2.51. The Morgan fingerprint density at radius 1 is 1.00 bits per heavy atom. The molecule has 2 rings (SSSR count).